The van der Waals surface area contributed by atoms with Gasteiger partial charge in [0.25, 0.3) is 0 Å². The smallest absolute Gasteiger partial charge is 0.137 e. The number of ether oxygens (including phenoxy) is 1. The molecule has 0 heterocycles. The molecule has 0 spiro atoms. The average Bonchev–Trinajstić information content (AvgIpc) is 2.42. The third-order valence-corrected chi connectivity index (χ3v) is 3.36. The van der Waals surface area contributed by atoms with Crippen molar-refractivity contribution in [1.29, 1.82) is 0 Å². The molecule has 0 fully saturated rings. The molecule has 2 rings (SSSR count). The van der Waals surface area contributed by atoms with E-state index in [1.165, 1.54) is 26.2 Å². The van der Waals surface area contributed by atoms with Gasteiger partial charge in [-0.25, -0.2) is 8.78 Å². The van der Waals surface area contributed by atoms with Gasteiger partial charge in [-0.2, -0.15) is 0 Å². The normalized spacial score (nSPS) is 12.3. The molecule has 0 aromatic heterocycles. The van der Waals surface area contributed by atoms with Gasteiger partial charge in [-0.05, 0) is 36.2 Å². The molecule has 1 atom stereocenters. The van der Waals surface area contributed by atoms with Crippen LogP contribution in [0.3, 0.4) is 0 Å². The molecule has 2 aromatic rings. The van der Waals surface area contributed by atoms with Crippen molar-refractivity contribution < 1.29 is 18.6 Å². The largest absolute Gasteiger partial charge is 0.495 e. The summed E-state index contributed by atoms with van der Waals surface area (Å²) in [7, 11) is 1.47. The lowest BCUT2D eigenvalue weighted by atomic mass is 9.99. The molecule has 0 bridgehead atoms. The number of halogens is 3. The van der Waals surface area contributed by atoms with E-state index in [4.69, 9.17) is 16.3 Å². The SMILES string of the molecule is COc1ccc(C(O)c2cc(C)c(F)cc2F)cc1Cl. The monoisotopic (exact) mass is 298 g/mol. The first-order valence-corrected chi connectivity index (χ1v) is 6.29. The van der Waals surface area contributed by atoms with Crippen LogP contribution in [0.4, 0.5) is 8.78 Å². The summed E-state index contributed by atoms with van der Waals surface area (Å²) in [4.78, 5) is 0. The zero-order valence-electron chi connectivity index (χ0n) is 11.0. The molecular formula is C15H13ClF2O2. The maximum Gasteiger partial charge on any atom is 0.137 e. The van der Waals surface area contributed by atoms with Crippen LogP contribution >= 0.6 is 11.6 Å². The molecule has 0 aliphatic carbocycles. The van der Waals surface area contributed by atoms with Crippen molar-refractivity contribution in [2.24, 2.45) is 0 Å². The molecule has 0 aliphatic heterocycles. The Kier molecular flexibility index (Phi) is 4.26. The molecular weight excluding hydrogens is 286 g/mol. The van der Waals surface area contributed by atoms with Crippen LogP contribution in [-0.2, 0) is 0 Å². The lowest BCUT2D eigenvalue weighted by Crippen LogP contribution is -2.04. The summed E-state index contributed by atoms with van der Waals surface area (Å²) in [5.74, 6) is -0.989. The molecule has 106 valence electrons. The van der Waals surface area contributed by atoms with Crippen LogP contribution < -0.4 is 4.74 Å². The van der Waals surface area contributed by atoms with Crippen molar-refractivity contribution in [2.75, 3.05) is 7.11 Å². The van der Waals surface area contributed by atoms with Gasteiger partial charge >= 0.3 is 0 Å². The first-order valence-electron chi connectivity index (χ1n) is 5.91. The number of aliphatic hydroxyl groups is 1. The Balaban J connectivity index is 2.43. The maximum absolute atomic E-state index is 13.8. The minimum absolute atomic E-state index is 0.00475. The first-order chi connectivity index (χ1) is 9.43. The Morgan fingerprint density at radius 1 is 1.15 bits per heavy atom. The van der Waals surface area contributed by atoms with Gasteiger partial charge in [-0.1, -0.05) is 17.7 Å². The Hall–Kier alpha value is -1.65. The summed E-state index contributed by atoms with van der Waals surface area (Å²) in [5.41, 5.74) is 0.672. The highest BCUT2D eigenvalue weighted by Crippen LogP contribution is 2.31. The van der Waals surface area contributed by atoms with Crippen LogP contribution in [0.15, 0.2) is 30.3 Å². The van der Waals surface area contributed by atoms with Gasteiger partial charge in [0.05, 0.1) is 12.1 Å². The summed E-state index contributed by atoms with van der Waals surface area (Å²) in [6, 6.07) is 6.69. The number of hydrogen-bond acceptors (Lipinski definition) is 2. The van der Waals surface area contributed by atoms with E-state index >= 15 is 0 Å². The summed E-state index contributed by atoms with van der Waals surface area (Å²) in [6.07, 6.45) is -1.22. The van der Waals surface area contributed by atoms with Crippen molar-refractivity contribution in [3.05, 3.63) is 63.7 Å². The van der Waals surface area contributed by atoms with Gasteiger partial charge in [0, 0.05) is 11.6 Å². The quantitative estimate of drug-likeness (QED) is 0.927. The Labute approximate surface area is 120 Å². The summed E-state index contributed by atoms with van der Waals surface area (Å²) < 4.78 is 32.0. The van der Waals surface area contributed by atoms with Crippen LogP contribution in [0.1, 0.15) is 22.8 Å². The zero-order chi connectivity index (χ0) is 14.9. The lowest BCUT2D eigenvalue weighted by Gasteiger charge is -2.15. The predicted octanol–water partition coefficient (Wildman–Crippen LogP) is 4.02. The van der Waals surface area contributed by atoms with Gasteiger partial charge < -0.3 is 9.84 Å². The molecule has 20 heavy (non-hydrogen) atoms. The van der Waals surface area contributed by atoms with E-state index in [-0.39, 0.29) is 11.1 Å². The second-order valence-corrected chi connectivity index (χ2v) is 4.83. The Morgan fingerprint density at radius 3 is 2.45 bits per heavy atom. The van der Waals surface area contributed by atoms with Crippen molar-refractivity contribution in [2.45, 2.75) is 13.0 Å². The summed E-state index contributed by atoms with van der Waals surface area (Å²) in [5, 5.41) is 10.5. The number of rotatable bonds is 3. The molecule has 0 aliphatic rings. The van der Waals surface area contributed by atoms with E-state index in [9.17, 15) is 13.9 Å². The van der Waals surface area contributed by atoms with Crippen molar-refractivity contribution >= 4 is 11.6 Å². The highest BCUT2D eigenvalue weighted by molar-refractivity contribution is 6.32. The first kappa shape index (κ1) is 14.8. The topological polar surface area (TPSA) is 29.5 Å². The summed E-state index contributed by atoms with van der Waals surface area (Å²) >= 11 is 5.97. The fourth-order valence-corrected chi connectivity index (χ4v) is 2.19. The molecule has 2 aromatic carbocycles. The van der Waals surface area contributed by atoms with Crippen molar-refractivity contribution in [3.63, 3.8) is 0 Å². The minimum Gasteiger partial charge on any atom is -0.495 e. The van der Waals surface area contributed by atoms with Gasteiger partial charge in [-0.15, -0.1) is 0 Å². The van der Waals surface area contributed by atoms with E-state index in [0.717, 1.165) is 6.07 Å². The fourth-order valence-electron chi connectivity index (χ4n) is 1.92. The van der Waals surface area contributed by atoms with Gasteiger partial charge in [-0.3, -0.25) is 0 Å². The minimum atomic E-state index is -1.22. The Bertz CT molecular complexity index is 644. The molecule has 0 amide bonds. The Morgan fingerprint density at radius 2 is 1.85 bits per heavy atom. The second-order valence-electron chi connectivity index (χ2n) is 4.42. The molecule has 0 saturated heterocycles. The average molecular weight is 299 g/mol. The molecule has 5 heteroatoms. The van der Waals surface area contributed by atoms with Crippen LogP contribution in [0.25, 0.3) is 0 Å². The number of methoxy groups -OCH3 is 1. The summed E-state index contributed by atoms with van der Waals surface area (Å²) in [6.45, 7) is 1.51. The maximum atomic E-state index is 13.8. The number of aliphatic hydroxyl groups excluding tert-OH is 1. The lowest BCUT2D eigenvalue weighted by molar-refractivity contribution is 0.214. The van der Waals surface area contributed by atoms with E-state index < -0.39 is 17.7 Å². The predicted molar refractivity (Wildman–Crippen MR) is 73.2 cm³/mol. The standard InChI is InChI=1S/C15H13ClF2O2/c1-8-5-10(13(18)7-12(8)17)15(19)9-3-4-14(20-2)11(16)6-9/h3-7,15,19H,1-2H3. The van der Waals surface area contributed by atoms with Crippen molar-refractivity contribution in [1.82, 2.24) is 0 Å². The van der Waals surface area contributed by atoms with Crippen LogP contribution in [0, 0.1) is 18.6 Å². The van der Waals surface area contributed by atoms with E-state index in [1.54, 1.807) is 12.1 Å². The van der Waals surface area contributed by atoms with Gasteiger partial charge in [0.1, 0.15) is 23.5 Å². The van der Waals surface area contributed by atoms with Crippen LogP contribution in [0.5, 0.6) is 5.75 Å². The number of aryl methyl sites for hydroxylation is 1. The number of hydrogen-bond donors (Lipinski definition) is 1. The third-order valence-electron chi connectivity index (χ3n) is 3.06. The highest BCUT2D eigenvalue weighted by Gasteiger charge is 2.18. The molecule has 1 N–H and O–H groups in total. The number of benzene rings is 2. The zero-order valence-corrected chi connectivity index (χ0v) is 11.7. The van der Waals surface area contributed by atoms with Crippen LogP contribution in [0.2, 0.25) is 5.02 Å². The molecule has 0 radical (unpaired) electrons. The van der Waals surface area contributed by atoms with Gasteiger partial charge in [0.15, 0.2) is 0 Å². The fraction of sp³-hybridized carbons (Fsp3) is 0.200. The molecule has 2 nitrogen and oxygen atoms in total. The van der Waals surface area contributed by atoms with E-state index in [1.807, 2.05) is 0 Å². The highest BCUT2D eigenvalue weighted by atomic mass is 35.5. The third kappa shape index (κ3) is 2.76. The van der Waals surface area contributed by atoms with E-state index in [0.29, 0.717) is 16.3 Å². The molecule has 1 unspecified atom stereocenters. The molecule has 0 saturated carbocycles. The van der Waals surface area contributed by atoms with Gasteiger partial charge in [0.2, 0.25) is 0 Å². The van der Waals surface area contributed by atoms with Crippen molar-refractivity contribution in [3.8, 4) is 5.75 Å². The van der Waals surface area contributed by atoms with E-state index in [2.05, 4.69) is 0 Å². The van der Waals surface area contributed by atoms with Crippen LogP contribution in [-0.4, -0.2) is 12.2 Å². The second kappa shape index (κ2) is 5.77.